The van der Waals surface area contributed by atoms with Crippen LogP contribution in [0.4, 0.5) is 5.69 Å². The number of nitrogens with one attached hydrogen (secondary N) is 2. The Labute approximate surface area is 175 Å². The number of carbonyl (C=O) groups excluding carboxylic acids is 1. The number of carbonyl (C=O) groups is 1. The van der Waals surface area contributed by atoms with Crippen LogP contribution >= 0.6 is 0 Å². The van der Waals surface area contributed by atoms with Crippen molar-refractivity contribution in [3.8, 4) is 11.5 Å². The Hall–Kier alpha value is -3.07. The van der Waals surface area contributed by atoms with Crippen molar-refractivity contribution >= 4 is 21.6 Å². The number of aromatic nitrogens is 2. The molecule has 9 heteroatoms. The Morgan fingerprint density at radius 3 is 2.73 bits per heavy atom. The third kappa shape index (κ3) is 3.72. The molecule has 30 heavy (non-hydrogen) atoms. The molecule has 0 saturated carbocycles. The second kappa shape index (κ2) is 7.98. The molecule has 2 aromatic heterocycles. The first-order valence-electron chi connectivity index (χ1n) is 9.95. The summed E-state index contributed by atoms with van der Waals surface area (Å²) in [6, 6.07) is 8.70. The molecule has 0 aliphatic carbocycles. The van der Waals surface area contributed by atoms with Crippen LogP contribution in [0.15, 0.2) is 45.8 Å². The van der Waals surface area contributed by atoms with Crippen molar-refractivity contribution in [3.05, 3.63) is 53.4 Å². The van der Waals surface area contributed by atoms with Crippen molar-refractivity contribution in [2.75, 3.05) is 17.8 Å². The summed E-state index contributed by atoms with van der Waals surface area (Å²) in [5.41, 5.74) is 2.19. The molecule has 0 radical (unpaired) electrons. The number of hydrogen-bond acceptors (Lipinski definition) is 5. The minimum absolute atomic E-state index is 0.0255. The average molecular weight is 429 g/mol. The van der Waals surface area contributed by atoms with E-state index < -0.39 is 10.0 Å². The lowest BCUT2D eigenvalue weighted by atomic mass is 10.1. The zero-order valence-corrected chi connectivity index (χ0v) is 17.8. The molecule has 4 rings (SSSR count). The highest BCUT2D eigenvalue weighted by Gasteiger charge is 2.28. The van der Waals surface area contributed by atoms with E-state index in [1.165, 1.54) is 12.3 Å². The molecule has 1 aromatic carbocycles. The number of furan rings is 1. The molecule has 3 aromatic rings. The first-order valence-corrected chi connectivity index (χ1v) is 11.4. The van der Waals surface area contributed by atoms with E-state index in [1.54, 1.807) is 24.0 Å². The number of para-hydroxylation sites is 1. The average Bonchev–Trinajstić information content (AvgIpc) is 3.48. The number of hydrogen-bond donors (Lipinski definition) is 2. The maximum Gasteiger partial charge on any atom is 0.265 e. The first kappa shape index (κ1) is 20.2. The highest BCUT2D eigenvalue weighted by Crippen LogP contribution is 2.31. The largest absolute Gasteiger partial charge is 0.458 e. The summed E-state index contributed by atoms with van der Waals surface area (Å²) in [4.78, 5) is 14.6. The first-order chi connectivity index (χ1) is 14.4. The third-order valence-corrected chi connectivity index (χ3v) is 6.79. The summed E-state index contributed by atoms with van der Waals surface area (Å²) in [6.45, 7) is 4.97. The summed E-state index contributed by atoms with van der Waals surface area (Å²) in [5.74, 6) is 0.363. The summed E-state index contributed by atoms with van der Waals surface area (Å²) in [6.07, 6.45) is 4.11. The third-order valence-electron chi connectivity index (χ3n) is 5.31. The van der Waals surface area contributed by atoms with E-state index in [-0.39, 0.29) is 22.3 Å². The van der Waals surface area contributed by atoms with E-state index in [4.69, 9.17) is 4.42 Å². The zero-order valence-electron chi connectivity index (χ0n) is 16.9. The summed E-state index contributed by atoms with van der Waals surface area (Å²) >= 11 is 0. The summed E-state index contributed by atoms with van der Waals surface area (Å²) in [7, 11) is -3.87. The molecule has 1 saturated heterocycles. The molecule has 1 aliphatic heterocycles. The van der Waals surface area contributed by atoms with Gasteiger partial charge in [0.1, 0.15) is 16.3 Å². The predicted octanol–water partition coefficient (Wildman–Crippen LogP) is 3.58. The molecular weight excluding hydrogens is 404 g/mol. The smallest absolute Gasteiger partial charge is 0.265 e. The number of amides is 1. The number of likely N-dealkylation sites (tertiary alicyclic amines) is 1. The van der Waals surface area contributed by atoms with Gasteiger partial charge in [0.2, 0.25) is 0 Å². The quantitative estimate of drug-likeness (QED) is 0.624. The maximum absolute atomic E-state index is 13.0. The Morgan fingerprint density at radius 2 is 2.00 bits per heavy atom. The number of H-pyrrole nitrogens is 1. The van der Waals surface area contributed by atoms with Gasteiger partial charge >= 0.3 is 0 Å². The van der Waals surface area contributed by atoms with Crippen LogP contribution in [0.25, 0.3) is 11.5 Å². The lowest BCUT2D eigenvalue weighted by Crippen LogP contribution is -2.27. The van der Waals surface area contributed by atoms with E-state index >= 15 is 0 Å². The van der Waals surface area contributed by atoms with Crippen LogP contribution in [-0.4, -0.2) is 42.5 Å². The number of aryl methyl sites for hydroxylation is 2. The molecule has 3 heterocycles. The van der Waals surface area contributed by atoms with Gasteiger partial charge in [-0.2, -0.15) is 5.10 Å². The minimum atomic E-state index is -3.87. The molecule has 0 spiro atoms. The Kier molecular flexibility index (Phi) is 5.38. The number of rotatable bonds is 6. The fraction of sp³-hybridized carbons (Fsp3) is 0.333. The van der Waals surface area contributed by atoms with Gasteiger partial charge in [-0.25, -0.2) is 8.42 Å². The molecule has 158 valence electrons. The second-order valence-electron chi connectivity index (χ2n) is 7.31. The van der Waals surface area contributed by atoms with Crippen LogP contribution in [0.3, 0.4) is 0 Å². The van der Waals surface area contributed by atoms with Crippen molar-refractivity contribution < 1.29 is 17.6 Å². The van der Waals surface area contributed by atoms with E-state index in [1.807, 2.05) is 19.1 Å². The van der Waals surface area contributed by atoms with Gasteiger partial charge in [-0.05, 0) is 37.8 Å². The molecule has 8 nitrogen and oxygen atoms in total. The van der Waals surface area contributed by atoms with Crippen molar-refractivity contribution in [2.45, 2.75) is 38.0 Å². The normalized spacial score (nSPS) is 14.3. The maximum atomic E-state index is 13.0. The number of sulfonamides is 1. The van der Waals surface area contributed by atoms with Crippen LogP contribution in [0.1, 0.15) is 41.4 Å². The number of aromatic amines is 1. The van der Waals surface area contributed by atoms with Crippen molar-refractivity contribution in [3.63, 3.8) is 0 Å². The monoisotopic (exact) mass is 428 g/mol. The highest BCUT2D eigenvalue weighted by molar-refractivity contribution is 7.92. The molecular formula is C21H24N4O4S. The van der Waals surface area contributed by atoms with Gasteiger partial charge in [-0.1, -0.05) is 25.1 Å². The number of benzene rings is 1. The summed E-state index contributed by atoms with van der Waals surface area (Å²) in [5, 5.41) is 6.76. The Balaban J connectivity index is 1.66. The van der Waals surface area contributed by atoms with Gasteiger partial charge in [0.15, 0.2) is 5.76 Å². The van der Waals surface area contributed by atoms with E-state index in [0.29, 0.717) is 36.5 Å². The molecule has 1 aliphatic rings. The second-order valence-corrected chi connectivity index (χ2v) is 8.96. The van der Waals surface area contributed by atoms with Crippen LogP contribution in [0.2, 0.25) is 0 Å². The number of nitrogens with zero attached hydrogens (tertiary/aromatic N) is 2. The van der Waals surface area contributed by atoms with E-state index in [0.717, 1.165) is 18.4 Å². The Morgan fingerprint density at radius 1 is 1.27 bits per heavy atom. The van der Waals surface area contributed by atoms with Crippen LogP contribution in [0.5, 0.6) is 0 Å². The van der Waals surface area contributed by atoms with Gasteiger partial charge in [-0.3, -0.25) is 14.6 Å². The molecule has 0 atom stereocenters. The zero-order chi connectivity index (χ0) is 21.3. The SMILES string of the molecule is CCc1ccccc1NS(=O)(=O)c1cc(-c2[nH]ncc2C(=O)N2CCCC2)oc1C. The number of anilines is 1. The molecule has 0 bridgehead atoms. The molecule has 1 amide bonds. The van der Waals surface area contributed by atoms with Gasteiger partial charge in [0.05, 0.1) is 17.4 Å². The highest BCUT2D eigenvalue weighted by atomic mass is 32.2. The van der Waals surface area contributed by atoms with Gasteiger partial charge in [0.25, 0.3) is 15.9 Å². The van der Waals surface area contributed by atoms with Gasteiger partial charge < -0.3 is 9.32 Å². The van der Waals surface area contributed by atoms with Crippen molar-refractivity contribution in [2.24, 2.45) is 0 Å². The van der Waals surface area contributed by atoms with Crippen LogP contribution < -0.4 is 4.72 Å². The summed E-state index contributed by atoms with van der Waals surface area (Å²) < 4.78 is 34.4. The lowest BCUT2D eigenvalue weighted by molar-refractivity contribution is 0.0793. The van der Waals surface area contributed by atoms with Crippen LogP contribution in [0, 0.1) is 6.92 Å². The van der Waals surface area contributed by atoms with Crippen molar-refractivity contribution in [1.82, 2.24) is 15.1 Å². The minimum Gasteiger partial charge on any atom is -0.458 e. The van der Waals surface area contributed by atoms with Crippen molar-refractivity contribution in [1.29, 1.82) is 0 Å². The Bertz CT molecular complexity index is 1170. The van der Waals surface area contributed by atoms with Gasteiger partial charge in [-0.15, -0.1) is 0 Å². The molecule has 1 fully saturated rings. The fourth-order valence-corrected chi connectivity index (χ4v) is 4.99. The fourth-order valence-electron chi connectivity index (χ4n) is 3.71. The molecule has 2 N–H and O–H groups in total. The lowest BCUT2D eigenvalue weighted by Gasteiger charge is -2.14. The topological polar surface area (TPSA) is 108 Å². The van der Waals surface area contributed by atoms with E-state index in [2.05, 4.69) is 14.9 Å². The standard InChI is InChI=1S/C21H24N4O4S/c1-3-15-8-4-5-9-17(15)24-30(27,28)19-12-18(29-14(19)2)20-16(13-22-23-20)21(26)25-10-6-7-11-25/h4-5,8-9,12-13,24H,3,6-7,10-11H2,1-2H3,(H,22,23). The predicted molar refractivity (Wildman–Crippen MR) is 113 cm³/mol. The van der Waals surface area contributed by atoms with Gasteiger partial charge in [0, 0.05) is 19.2 Å². The van der Waals surface area contributed by atoms with Crippen LogP contribution in [-0.2, 0) is 16.4 Å². The van der Waals surface area contributed by atoms with E-state index in [9.17, 15) is 13.2 Å². The molecule has 0 unspecified atom stereocenters.